The Kier molecular flexibility index (Phi) is 3.00. The molecule has 16 heavy (non-hydrogen) atoms. The zero-order valence-corrected chi connectivity index (χ0v) is 8.74. The Labute approximate surface area is 92.7 Å². The lowest BCUT2D eigenvalue weighted by atomic mass is 10.1. The molecule has 1 fully saturated rings. The van der Waals surface area contributed by atoms with Gasteiger partial charge in [-0.1, -0.05) is 0 Å². The van der Waals surface area contributed by atoms with Gasteiger partial charge in [-0.05, 0) is 28.8 Å². The molecule has 1 saturated heterocycles. The highest BCUT2D eigenvalue weighted by Gasteiger charge is 2.18. The minimum absolute atomic E-state index is 0.138. The molecule has 0 aromatic carbocycles. The Morgan fingerprint density at radius 3 is 2.62 bits per heavy atom. The third-order valence-electron chi connectivity index (χ3n) is 2.75. The number of hydrogen-bond donors (Lipinski definition) is 1. The van der Waals surface area contributed by atoms with Gasteiger partial charge in [0, 0.05) is 19.2 Å². The summed E-state index contributed by atoms with van der Waals surface area (Å²) in [5.41, 5.74) is 0.873. The van der Waals surface area contributed by atoms with Crippen molar-refractivity contribution in [3.05, 3.63) is 28.4 Å². The lowest BCUT2D eigenvalue weighted by Gasteiger charge is -2.30. The zero-order valence-electron chi connectivity index (χ0n) is 8.74. The van der Waals surface area contributed by atoms with Crippen LogP contribution in [0, 0.1) is 10.1 Å². The van der Waals surface area contributed by atoms with E-state index in [0.717, 1.165) is 31.6 Å². The molecule has 6 nitrogen and oxygen atoms in total. The molecule has 0 saturated carbocycles. The van der Waals surface area contributed by atoms with Crippen molar-refractivity contribution in [3.8, 4) is 0 Å². The first kappa shape index (κ1) is 10.8. The summed E-state index contributed by atoms with van der Waals surface area (Å²) in [6, 6.07) is 3.10. The van der Waals surface area contributed by atoms with Gasteiger partial charge in [-0.3, -0.25) is 0 Å². The Morgan fingerprint density at radius 2 is 2.12 bits per heavy atom. The lowest BCUT2D eigenvalue weighted by molar-refractivity contribution is -0.389. The van der Waals surface area contributed by atoms with Gasteiger partial charge in [-0.15, -0.1) is 0 Å². The third-order valence-corrected chi connectivity index (χ3v) is 2.75. The van der Waals surface area contributed by atoms with Crippen molar-refractivity contribution >= 4 is 11.5 Å². The Bertz CT molecular complexity index is 371. The minimum Gasteiger partial charge on any atom is -0.393 e. The largest absolute Gasteiger partial charge is 0.393 e. The molecule has 1 aromatic heterocycles. The van der Waals surface area contributed by atoms with E-state index in [1.165, 1.54) is 12.3 Å². The number of aromatic nitrogens is 1. The standard InChI is InChI=1S/C10H13N3O3/c14-9-3-5-12(6-4-9)8-1-2-10(11-7-8)13(15)16/h1-2,7,9,14H,3-6H2. The number of anilines is 1. The van der Waals surface area contributed by atoms with Crippen LogP contribution < -0.4 is 4.90 Å². The summed E-state index contributed by atoms with van der Waals surface area (Å²) in [5, 5.41) is 19.8. The molecule has 1 N–H and O–H groups in total. The lowest BCUT2D eigenvalue weighted by Crippen LogP contribution is -2.35. The van der Waals surface area contributed by atoms with Crippen LogP contribution in [0.15, 0.2) is 18.3 Å². The van der Waals surface area contributed by atoms with Crippen molar-refractivity contribution in [2.24, 2.45) is 0 Å². The number of nitro groups is 1. The molecule has 1 aliphatic heterocycles. The molecule has 86 valence electrons. The fourth-order valence-electron chi connectivity index (χ4n) is 1.80. The highest BCUT2D eigenvalue weighted by atomic mass is 16.6. The number of nitrogens with zero attached hydrogens (tertiary/aromatic N) is 3. The van der Waals surface area contributed by atoms with Crippen molar-refractivity contribution in [3.63, 3.8) is 0 Å². The van der Waals surface area contributed by atoms with E-state index >= 15 is 0 Å². The van der Waals surface area contributed by atoms with Crippen LogP contribution in [0.4, 0.5) is 11.5 Å². The molecule has 2 rings (SSSR count). The molecule has 0 spiro atoms. The van der Waals surface area contributed by atoms with Gasteiger partial charge in [0.25, 0.3) is 0 Å². The van der Waals surface area contributed by atoms with Crippen molar-refractivity contribution in [1.82, 2.24) is 4.98 Å². The van der Waals surface area contributed by atoms with Crippen LogP contribution in [0.25, 0.3) is 0 Å². The summed E-state index contributed by atoms with van der Waals surface area (Å²) in [6.07, 6.45) is 2.76. The maximum Gasteiger partial charge on any atom is 0.363 e. The van der Waals surface area contributed by atoms with Gasteiger partial charge in [-0.2, -0.15) is 0 Å². The van der Waals surface area contributed by atoms with Crippen molar-refractivity contribution < 1.29 is 10.0 Å². The van der Waals surface area contributed by atoms with Crippen LogP contribution in [0.2, 0.25) is 0 Å². The van der Waals surface area contributed by atoms with E-state index in [1.54, 1.807) is 6.07 Å². The first-order valence-electron chi connectivity index (χ1n) is 5.20. The van der Waals surface area contributed by atoms with E-state index in [0.29, 0.717) is 0 Å². The predicted octanol–water partition coefficient (Wildman–Crippen LogP) is 0.951. The van der Waals surface area contributed by atoms with Crippen molar-refractivity contribution in [1.29, 1.82) is 0 Å². The van der Waals surface area contributed by atoms with Gasteiger partial charge in [0.15, 0.2) is 6.20 Å². The highest BCUT2D eigenvalue weighted by molar-refractivity contribution is 5.46. The van der Waals surface area contributed by atoms with E-state index in [-0.39, 0.29) is 11.9 Å². The first-order chi connectivity index (χ1) is 7.66. The van der Waals surface area contributed by atoms with Crippen LogP contribution in [0.5, 0.6) is 0 Å². The molecule has 0 bridgehead atoms. The number of pyridine rings is 1. The second-order valence-electron chi connectivity index (χ2n) is 3.85. The second-order valence-corrected chi connectivity index (χ2v) is 3.85. The molecule has 0 radical (unpaired) electrons. The summed E-state index contributed by atoms with van der Waals surface area (Å²) >= 11 is 0. The quantitative estimate of drug-likeness (QED) is 0.596. The van der Waals surface area contributed by atoms with Crippen LogP contribution in [-0.4, -0.2) is 34.2 Å². The summed E-state index contributed by atoms with van der Waals surface area (Å²) < 4.78 is 0. The van der Waals surface area contributed by atoms with E-state index in [1.807, 2.05) is 0 Å². The number of aliphatic hydroxyl groups is 1. The second kappa shape index (κ2) is 4.44. The average Bonchev–Trinajstić information content (AvgIpc) is 2.30. The molecule has 0 aliphatic carbocycles. The van der Waals surface area contributed by atoms with Crippen LogP contribution in [0.1, 0.15) is 12.8 Å². The van der Waals surface area contributed by atoms with E-state index < -0.39 is 4.92 Å². The monoisotopic (exact) mass is 223 g/mol. The topological polar surface area (TPSA) is 79.5 Å². The Balaban J connectivity index is 2.07. The Hall–Kier alpha value is -1.69. The Morgan fingerprint density at radius 1 is 1.44 bits per heavy atom. The zero-order chi connectivity index (χ0) is 11.5. The molecule has 1 aliphatic rings. The molecule has 1 aromatic rings. The maximum absolute atomic E-state index is 10.4. The first-order valence-corrected chi connectivity index (χ1v) is 5.20. The number of hydrogen-bond acceptors (Lipinski definition) is 5. The maximum atomic E-state index is 10.4. The summed E-state index contributed by atoms with van der Waals surface area (Å²) in [4.78, 5) is 15.8. The fraction of sp³-hybridized carbons (Fsp3) is 0.500. The van der Waals surface area contributed by atoms with Gasteiger partial charge < -0.3 is 20.1 Å². The molecular weight excluding hydrogens is 210 g/mol. The molecular formula is C10H13N3O3. The fourth-order valence-corrected chi connectivity index (χ4v) is 1.80. The smallest absolute Gasteiger partial charge is 0.363 e. The van der Waals surface area contributed by atoms with Crippen LogP contribution in [-0.2, 0) is 0 Å². The minimum atomic E-state index is -0.510. The molecule has 2 heterocycles. The normalized spacial score (nSPS) is 17.4. The summed E-state index contributed by atoms with van der Waals surface area (Å²) in [7, 11) is 0. The third kappa shape index (κ3) is 2.27. The van der Waals surface area contributed by atoms with E-state index in [4.69, 9.17) is 0 Å². The van der Waals surface area contributed by atoms with Gasteiger partial charge in [0.2, 0.25) is 0 Å². The molecule has 0 atom stereocenters. The van der Waals surface area contributed by atoms with Crippen molar-refractivity contribution in [2.45, 2.75) is 18.9 Å². The van der Waals surface area contributed by atoms with Gasteiger partial charge >= 0.3 is 5.82 Å². The van der Waals surface area contributed by atoms with Crippen molar-refractivity contribution in [2.75, 3.05) is 18.0 Å². The van der Waals surface area contributed by atoms with Gasteiger partial charge in [0.05, 0.1) is 11.8 Å². The number of aliphatic hydroxyl groups excluding tert-OH is 1. The van der Waals surface area contributed by atoms with Gasteiger partial charge in [0.1, 0.15) is 0 Å². The van der Waals surface area contributed by atoms with Crippen LogP contribution >= 0.6 is 0 Å². The highest BCUT2D eigenvalue weighted by Crippen LogP contribution is 2.20. The SMILES string of the molecule is O=[N+]([O-])c1ccc(N2CCC(O)CC2)cn1. The van der Waals surface area contributed by atoms with Crippen LogP contribution in [0.3, 0.4) is 0 Å². The predicted molar refractivity (Wildman–Crippen MR) is 58.3 cm³/mol. The molecule has 0 unspecified atom stereocenters. The average molecular weight is 223 g/mol. The number of rotatable bonds is 2. The van der Waals surface area contributed by atoms with Gasteiger partial charge in [-0.25, -0.2) is 0 Å². The van der Waals surface area contributed by atoms with E-state index in [2.05, 4.69) is 9.88 Å². The molecule has 0 amide bonds. The number of piperidine rings is 1. The summed E-state index contributed by atoms with van der Waals surface area (Å²) in [6.45, 7) is 1.53. The summed E-state index contributed by atoms with van der Waals surface area (Å²) in [5.74, 6) is -0.138. The van der Waals surface area contributed by atoms with E-state index in [9.17, 15) is 15.2 Å². The molecule has 6 heteroatoms.